The molecule has 0 amide bonds. The third-order valence-corrected chi connectivity index (χ3v) is 0.880. The van der Waals surface area contributed by atoms with Crippen LogP contribution in [0.1, 0.15) is 0 Å². The number of carbonyl (C=O) groups is 1. The molecule has 0 heterocycles. The Labute approximate surface area is 53.7 Å². The van der Waals surface area contributed by atoms with E-state index in [0.29, 0.717) is 0 Å². The second kappa shape index (κ2) is 4.05. The van der Waals surface area contributed by atoms with Crippen LogP contribution in [0.5, 0.6) is 0 Å². The van der Waals surface area contributed by atoms with E-state index in [1.807, 2.05) is 0 Å². The molecule has 0 aromatic rings. The summed E-state index contributed by atoms with van der Waals surface area (Å²) in [6, 6.07) is -0.607. The summed E-state index contributed by atoms with van der Waals surface area (Å²) in [4.78, 5) is 10.6. The smallest absolute Gasteiger partial charge is 0.175 e. The average molecular weight is 129 g/mol. The standard InChI is InChI=1S/C5H11N3O/c6-2-1-5(9)4(8)3-7/h1-2,4H,3,6-8H2/b2-1+/t4-/m0/s1. The van der Waals surface area contributed by atoms with Crippen molar-refractivity contribution < 1.29 is 4.79 Å². The first-order chi connectivity index (χ1) is 4.22. The van der Waals surface area contributed by atoms with Crippen LogP contribution in [0.2, 0.25) is 0 Å². The molecule has 0 saturated carbocycles. The number of hydrogen-bond donors (Lipinski definition) is 3. The number of ketones is 1. The van der Waals surface area contributed by atoms with Gasteiger partial charge in [0.05, 0.1) is 6.04 Å². The van der Waals surface area contributed by atoms with E-state index in [-0.39, 0.29) is 12.3 Å². The zero-order valence-corrected chi connectivity index (χ0v) is 5.08. The lowest BCUT2D eigenvalue weighted by Gasteiger charge is -2.00. The third-order valence-electron chi connectivity index (χ3n) is 0.880. The molecule has 0 bridgehead atoms. The van der Waals surface area contributed by atoms with Gasteiger partial charge in [0.2, 0.25) is 0 Å². The Hall–Kier alpha value is -0.870. The highest BCUT2D eigenvalue weighted by Gasteiger charge is 2.05. The van der Waals surface area contributed by atoms with Crippen LogP contribution in [0.3, 0.4) is 0 Å². The van der Waals surface area contributed by atoms with E-state index in [1.165, 1.54) is 6.08 Å². The minimum atomic E-state index is -0.607. The lowest BCUT2D eigenvalue weighted by Crippen LogP contribution is -2.36. The Morgan fingerprint density at radius 1 is 1.67 bits per heavy atom. The van der Waals surface area contributed by atoms with Crippen molar-refractivity contribution in [3.05, 3.63) is 12.3 Å². The molecule has 9 heavy (non-hydrogen) atoms. The molecule has 1 atom stereocenters. The van der Waals surface area contributed by atoms with E-state index < -0.39 is 6.04 Å². The van der Waals surface area contributed by atoms with Gasteiger partial charge in [0, 0.05) is 6.54 Å². The topological polar surface area (TPSA) is 95.1 Å². The predicted molar refractivity (Wildman–Crippen MR) is 35.4 cm³/mol. The monoisotopic (exact) mass is 129 g/mol. The van der Waals surface area contributed by atoms with Crippen LogP contribution in [0.4, 0.5) is 0 Å². The first kappa shape index (κ1) is 8.13. The third kappa shape index (κ3) is 2.84. The van der Waals surface area contributed by atoms with Crippen molar-refractivity contribution in [3.63, 3.8) is 0 Å². The van der Waals surface area contributed by atoms with E-state index in [9.17, 15) is 4.79 Å². The van der Waals surface area contributed by atoms with Crippen LogP contribution in [-0.4, -0.2) is 18.4 Å². The van der Waals surface area contributed by atoms with Crippen LogP contribution in [0.15, 0.2) is 12.3 Å². The minimum absolute atomic E-state index is 0.156. The van der Waals surface area contributed by atoms with E-state index in [0.717, 1.165) is 6.20 Å². The Morgan fingerprint density at radius 2 is 2.22 bits per heavy atom. The maximum absolute atomic E-state index is 10.6. The average Bonchev–Trinajstić information content (AvgIpc) is 1.87. The van der Waals surface area contributed by atoms with Gasteiger partial charge in [0.25, 0.3) is 0 Å². The number of nitrogens with two attached hydrogens (primary N) is 3. The van der Waals surface area contributed by atoms with E-state index in [1.54, 1.807) is 0 Å². The summed E-state index contributed by atoms with van der Waals surface area (Å²) < 4.78 is 0. The van der Waals surface area contributed by atoms with Crippen LogP contribution < -0.4 is 17.2 Å². The van der Waals surface area contributed by atoms with Crippen molar-refractivity contribution in [2.75, 3.05) is 6.54 Å². The number of hydrogen-bond acceptors (Lipinski definition) is 4. The zero-order valence-electron chi connectivity index (χ0n) is 5.08. The molecule has 0 fully saturated rings. The zero-order chi connectivity index (χ0) is 7.28. The Morgan fingerprint density at radius 3 is 2.56 bits per heavy atom. The highest BCUT2D eigenvalue weighted by atomic mass is 16.1. The van der Waals surface area contributed by atoms with Gasteiger partial charge in [-0.25, -0.2) is 0 Å². The molecule has 4 nitrogen and oxygen atoms in total. The largest absolute Gasteiger partial charge is 0.404 e. The molecule has 0 aromatic carbocycles. The lowest BCUT2D eigenvalue weighted by atomic mass is 10.2. The van der Waals surface area contributed by atoms with Crippen molar-refractivity contribution >= 4 is 5.78 Å². The first-order valence-corrected chi connectivity index (χ1v) is 2.60. The van der Waals surface area contributed by atoms with Gasteiger partial charge in [-0.05, 0) is 12.3 Å². The van der Waals surface area contributed by atoms with Gasteiger partial charge in [-0.15, -0.1) is 0 Å². The molecule has 0 aliphatic rings. The summed E-state index contributed by atoms with van der Waals surface area (Å²) in [5.41, 5.74) is 15.2. The molecular formula is C5H11N3O. The van der Waals surface area contributed by atoms with Crippen LogP contribution in [0, 0.1) is 0 Å². The molecule has 6 N–H and O–H groups in total. The summed E-state index contributed by atoms with van der Waals surface area (Å²) in [6.07, 6.45) is 2.36. The number of carbonyl (C=O) groups excluding carboxylic acids is 1. The highest BCUT2D eigenvalue weighted by Crippen LogP contribution is 1.78. The molecule has 0 aliphatic carbocycles. The maximum Gasteiger partial charge on any atom is 0.175 e. The predicted octanol–water partition coefficient (Wildman–Crippen LogP) is -1.69. The quantitative estimate of drug-likeness (QED) is 0.396. The molecule has 0 rings (SSSR count). The van der Waals surface area contributed by atoms with Gasteiger partial charge in [-0.3, -0.25) is 4.79 Å². The van der Waals surface area contributed by atoms with Crippen LogP contribution >= 0.6 is 0 Å². The molecule has 0 spiro atoms. The van der Waals surface area contributed by atoms with Crippen molar-refractivity contribution in [2.45, 2.75) is 6.04 Å². The molecule has 0 aromatic heterocycles. The maximum atomic E-state index is 10.6. The fourth-order valence-electron chi connectivity index (χ4n) is 0.335. The van der Waals surface area contributed by atoms with Crippen molar-refractivity contribution in [1.29, 1.82) is 0 Å². The molecule has 0 aliphatic heterocycles. The number of rotatable bonds is 3. The summed E-state index contributed by atoms with van der Waals surface area (Å²) in [7, 11) is 0. The van der Waals surface area contributed by atoms with Crippen molar-refractivity contribution in [3.8, 4) is 0 Å². The Kier molecular flexibility index (Phi) is 3.66. The second-order valence-electron chi connectivity index (χ2n) is 1.60. The summed E-state index contributed by atoms with van der Waals surface area (Å²) in [6.45, 7) is 0.156. The SMILES string of the molecule is N/C=C/C(=O)[C@@H](N)CN. The molecule has 0 radical (unpaired) electrons. The molecule has 52 valence electrons. The highest BCUT2D eigenvalue weighted by molar-refractivity contribution is 5.94. The van der Waals surface area contributed by atoms with Crippen LogP contribution in [-0.2, 0) is 4.79 Å². The first-order valence-electron chi connectivity index (χ1n) is 2.60. The van der Waals surface area contributed by atoms with Crippen LogP contribution in [0.25, 0.3) is 0 Å². The van der Waals surface area contributed by atoms with E-state index in [2.05, 4.69) is 0 Å². The van der Waals surface area contributed by atoms with Crippen molar-refractivity contribution in [1.82, 2.24) is 0 Å². The Balaban J connectivity index is 3.73. The fraction of sp³-hybridized carbons (Fsp3) is 0.400. The summed E-state index contributed by atoms with van der Waals surface area (Å²) in [5, 5.41) is 0. The Bertz CT molecular complexity index is 121. The van der Waals surface area contributed by atoms with Gasteiger partial charge in [0.15, 0.2) is 5.78 Å². The molecule has 4 heteroatoms. The van der Waals surface area contributed by atoms with E-state index >= 15 is 0 Å². The molecule has 0 unspecified atom stereocenters. The summed E-state index contributed by atoms with van der Waals surface area (Å²) >= 11 is 0. The van der Waals surface area contributed by atoms with Gasteiger partial charge in [0.1, 0.15) is 0 Å². The summed E-state index contributed by atoms with van der Waals surface area (Å²) in [5.74, 6) is -0.236. The van der Waals surface area contributed by atoms with Gasteiger partial charge in [-0.2, -0.15) is 0 Å². The van der Waals surface area contributed by atoms with Gasteiger partial charge >= 0.3 is 0 Å². The normalized spacial score (nSPS) is 14.0. The van der Waals surface area contributed by atoms with E-state index in [4.69, 9.17) is 17.2 Å². The van der Waals surface area contributed by atoms with Crippen molar-refractivity contribution in [2.24, 2.45) is 17.2 Å². The van der Waals surface area contributed by atoms with Gasteiger partial charge in [-0.1, -0.05) is 0 Å². The molecular weight excluding hydrogens is 118 g/mol. The molecule has 0 saturated heterocycles. The van der Waals surface area contributed by atoms with Gasteiger partial charge < -0.3 is 17.2 Å². The lowest BCUT2D eigenvalue weighted by molar-refractivity contribution is -0.115. The minimum Gasteiger partial charge on any atom is -0.404 e. The second-order valence-corrected chi connectivity index (χ2v) is 1.60. The fourth-order valence-corrected chi connectivity index (χ4v) is 0.335.